The summed E-state index contributed by atoms with van der Waals surface area (Å²) in [6, 6.07) is 7.80. The lowest BCUT2D eigenvalue weighted by atomic mass is 9.82. The molecular weight excluding hydrogens is 368 g/mol. The largest absolute Gasteiger partial charge is 0.497 e. The lowest BCUT2D eigenvalue weighted by Crippen LogP contribution is -2.34. The van der Waals surface area contributed by atoms with Crippen molar-refractivity contribution in [2.24, 2.45) is 17.8 Å². The molecule has 0 saturated carbocycles. The molecule has 0 aliphatic rings. The molecule has 0 aromatic heterocycles. The van der Waals surface area contributed by atoms with Gasteiger partial charge in [-0.2, -0.15) is 0 Å². The van der Waals surface area contributed by atoms with Crippen molar-refractivity contribution in [3.05, 3.63) is 42.0 Å². The maximum atomic E-state index is 12.2. The Kier molecular flexibility index (Phi) is 11.2. The molecule has 5 nitrogen and oxygen atoms in total. The van der Waals surface area contributed by atoms with Crippen molar-refractivity contribution in [2.45, 2.75) is 59.4 Å². The average molecular weight is 407 g/mol. The number of Topliss-reactive ketones (excluding diaryl/α,β-unsaturated/α-hetero) is 1. The number of benzene rings is 1. The minimum atomic E-state index is -0.735. The van der Waals surface area contributed by atoms with Crippen LogP contribution in [0.3, 0.4) is 0 Å². The van der Waals surface area contributed by atoms with E-state index in [1.807, 2.05) is 45.0 Å². The number of methoxy groups -OCH3 is 2. The number of aliphatic hydroxyl groups is 1. The Bertz CT molecular complexity index is 623. The summed E-state index contributed by atoms with van der Waals surface area (Å²) in [5.41, 5.74) is 1.98. The van der Waals surface area contributed by atoms with Crippen LogP contribution >= 0.6 is 0 Å². The Morgan fingerprint density at radius 2 is 1.69 bits per heavy atom. The summed E-state index contributed by atoms with van der Waals surface area (Å²) in [5, 5.41) is 10.6. The Hall–Kier alpha value is -1.69. The normalized spacial score (nSPS) is 15.6. The highest BCUT2D eigenvalue weighted by molar-refractivity contribution is 5.83. The number of hydrogen-bond acceptors (Lipinski definition) is 5. The maximum absolute atomic E-state index is 12.2. The van der Waals surface area contributed by atoms with Crippen molar-refractivity contribution in [1.82, 2.24) is 0 Å². The van der Waals surface area contributed by atoms with Crippen LogP contribution in [-0.2, 0) is 20.9 Å². The molecule has 0 unspecified atom stereocenters. The molecule has 1 aromatic rings. The fourth-order valence-electron chi connectivity index (χ4n) is 3.28. The van der Waals surface area contributed by atoms with E-state index < -0.39 is 12.0 Å². The first-order valence-corrected chi connectivity index (χ1v) is 10.3. The van der Waals surface area contributed by atoms with Crippen LogP contribution in [0.4, 0.5) is 0 Å². The van der Waals surface area contributed by atoms with Crippen molar-refractivity contribution in [2.75, 3.05) is 20.8 Å². The molecular formula is C24H38O5. The first-order valence-electron chi connectivity index (χ1n) is 10.3. The van der Waals surface area contributed by atoms with Gasteiger partial charge in [0.05, 0.1) is 25.9 Å². The summed E-state index contributed by atoms with van der Waals surface area (Å²) in [7, 11) is 3.32. The molecule has 0 saturated heterocycles. The molecule has 0 heterocycles. The highest BCUT2D eigenvalue weighted by atomic mass is 16.5. The van der Waals surface area contributed by atoms with E-state index in [9.17, 15) is 9.90 Å². The summed E-state index contributed by atoms with van der Waals surface area (Å²) in [6.07, 6.45) is 0.586. The van der Waals surface area contributed by atoms with Crippen LogP contribution in [0.5, 0.6) is 5.75 Å². The average Bonchev–Trinajstić information content (AvgIpc) is 2.73. The summed E-state index contributed by atoms with van der Waals surface area (Å²) in [5.74, 6) is 0.232. The molecule has 1 N–H and O–H groups in total. The predicted molar refractivity (Wildman–Crippen MR) is 116 cm³/mol. The third-order valence-corrected chi connectivity index (χ3v) is 5.52. The minimum absolute atomic E-state index is 0.0378. The zero-order valence-electron chi connectivity index (χ0n) is 18.8. The van der Waals surface area contributed by atoms with Crippen molar-refractivity contribution >= 4 is 5.78 Å². The molecule has 5 heteroatoms. The lowest BCUT2D eigenvalue weighted by molar-refractivity contribution is -0.129. The minimum Gasteiger partial charge on any atom is -0.497 e. The van der Waals surface area contributed by atoms with E-state index in [0.717, 1.165) is 23.3 Å². The van der Waals surface area contributed by atoms with Crippen molar-refractivity contribution in [3.63, 3.8) is 0 Å². The van der Waals surface area contributed by atoms with Crippen LogP contribution in [0.25, 0.3) is 0 Å². The molecule has 4 atom stereocenters. The van der Waals surface area contributed by atoms with Gasteiger partial charge in [0.15, 0.2) is 0 Å². The molecule has 1 aromatic carbocycles. The van der Waals surface area contributed by atoms with Gasteiger partial charge in [0.25, 0.3) is 0 Å². The summed E-state index contributed by atoms with van der Waals surface area (Å²) in [6.45, 7) is 12.7. The van der Waals surface area contributed by atoms with Crippen molar-refractivity contribution < 1.29 is 24.1 Å². The predicted octanol–water partition coefficient (Wildman–Crippen LogP) is 4.42. The SMILES string of the molecule is C=C(C[C@@H](CCOCc1ccc(OC)cc1)OC)[C@@H](C)[C@H](O)[C@H](C)C(=O)C(C)C. The zero-order valence-corrected chi connectivity index (χ0v) is 18.8. The molecule has 0 spiro atoms. The quantitative estimate of drug-likeness (QED) is 0.366. The summed E-state index contributed by atoms with van der Waals surface area (Å²) in [4.78, 5) is 12.2. The Labute approximate surface area is 176 Å². The van der Waals surface area contributed by atoms with E-state index in [-0.39, 0.29) is 23.7 Å². The zero-order chi connectivity index (χ0) is 22.0. The summed E-state index contributed by atoms with van der Waals surface area (Å²) >= 11 is 0. The topological polar surface area (TPSA) is 65.0 Å². The smallest absolute Gasteiger partial charge is 0.140 e. The van der Waals surface area contributed by atoms with Crippen LogP contribution in [0, 0.1) is 17.8 Å². The summed E-state index contributed by atoms with van der Waals surface area (Å²) < 4.78 is 16.5. The van der Waals surface area contributed by atoms with Crippen LogP contribution in [0.1, 0.15) is 46.1 Å². The van der Waals surface area contributed by atoms with E-state index in [0.29, 0.717) is 19.6 Å². The molecule has 1 rings (SSSR count). The van der Waals surface area contributed by atoms with E-state index in [1.54, 1.807) is 21.1 Å². The van der Waals surface area contributed by atoms with Crippen LogP contribution in [0.15, 0.2) is 36.4 Å². The van der Waals surface area contributed by atoms with E-state index >= 15 is 0 Å². The van der Waals surface area contributed by atoms with Crippen molar-refractivity contribution in [1.29, 1.82) is 0 Å². The van der Waals surface area contributed by atoms with Crippen LogP contribution < -0.4 is 4.74 Å². The van der Waals surface area contributed by atoms with E-state index in [4.69, 9.17) is 14.2 Å². The third kappa shape index (κ3) is 8.29. The first kappa shape index (κ1) is 25.3. The van der Waals surface area contributed by atoms with Gasteiger partial charge in [0.1, 0.15) is 11.5 Å². The Morgan fingerprint density at radius 3 is 2.21 bits per heavy atom. The van der Waals surface area contributed by atoms with Gasteiger partial charge in [-0.25, -0.2) is 0 Å². The second kappa shape index (κ2) is 12.8. The van der Waals surface area contributed by atoms with Gasteiger partial charge < -0.3 is 19.3 Å². The van der Waals surface area contributed by atoms with Gasteiger partial charge in [-0.3, -0.25) is 4.79 Å². The van der Waals surface area contributed by atoms with Gasteiger partial charge >= 0.3 is 0 Å². The number of carbonyl (C=O) groups is 1. The fraction of sp³-hybridized carbons (Fsp3) is 0.625. The molecule has 0 amide bonds. The first-order chi connectivity index (χ1) is 13.7. The lowest BCUT2D eigenvalue weighted by Gasteiger charge is -2.28. The molecule has 0 bridgehead atoms. The van der Waals surface area contributed by atoms with Gasteiger partial charge in [-0.15, -0.1) is 0 Å². The number of ketones is 1. The number of hydrogen-bond donors (Lipinski definition) is 1. The Morgan fingerprint density at radius 1 is 1.07 bits per heavy atom. The molecule has 0 radical (unpaired) electrons. The van der Waals surface area contributed by atoms with E-state index in [1.165, 1.54) is 0 Å². The second-order valence-electron chi connectivity index (χ2n) is 8.03. The number of rotatable bonds is 14. The molecule has 164 valence electrons. The molecule has 0 aliphatic heterocycles. The third-order valence-electron chi connectivity index (χ3n) is 5.52. The standard InChI is InChI=1S/C24H38O5/c1-16(2)23(25)19(5)24(26)18(4)17(3)14-22(28-7)12-13-29-15-20-8-10-21(27-6)11-9-20/h8-11,16,18-19,22,24,26H,3,12-15H2,1-2,4-7H3/t18-,19-,22-,24+/m1/s1. The van der Waals surface area contributed by atoms with E-state index in [2.05, 4.69) is 6.58 Å². The number of aliphatic hydroxyl groups excluding tert-OH is 1. The Balaban J connectivity index is 2.44. The number of carbonyl (C=O) groups excluding carboxylic acids is 1. The van der Waals surface area contributed by atoms with Gasteiger partial charge in [0.2, 0.25) is 0 Å². The maximum Gasteiger partial charge on any atom is 0.140 e. The fourth-order valence-corrected chi connectivity index (χ4v) is 3.28. The number of ether oxygens (including phenoxy) is 3. The highest BCUT2D eigenvalue weighted by Gasteiger charge is 2.30. The van der Waals surface area contributed by atoms with Gasteiger partial charge in [-0.05, 0) is 30.5 Å². The molecule has 29 heavy (non-hydrogen) atoms. The van der Waals surface area contributed by atoms with Gasteiger partial charge in [-0.1, -0.05) is 52.0 Å². The monoisotopic (exact) mass is 406 g/mol. The highest BCUT2D eigenvalue weighted by Crippen LogP contribution is 2.26. The molecule has 0 aliphatic carbocycles. The van der Waals surface area contributed by atoms with Crippen LogP contribution in [-0.4, -0.2) is 43.9 Å². The van der Waals surface area contributed by atoms with Crippen LogP contribution in [0.2, 0.25) is 0 Å². The molecule has 0 fully saturated rings. The van der Waals surface area contributed by atoms with Crippen molar-refractivity contribution in [3.8, 4) is 5.75 Å². The second-order valence-corrected chi connectivity index (χ2v) is 8.03. The van der Waals surface area contributed by atoms with Gasteiger partial charge in [0, 0.05) is 31.5 Å².